The first-order chi connectivity index (χ1) is 14.9. The van der Waals surface area contributed by atoms with Gasteiger partial charge in [0.1, 0.15) is 11.4 Å². The number of benzene rings is 3. The highest BCUT2D eigenvalue weighted by atomic mass is 35.5. The average Bonchev–Trinajstić information content (AvgIpc) is 3.05. The quantitative estimate of drug-likeness (QED) is 0.528. The molecule has 0 N–H and O–H groups in total. The van der Waals surface area contributed by atoms with Gasteiger partial charge in [0, 0.05) is 23.3 Å². The number of aryl methyl sites for hydroxylation is 1. The number of imide groups is 1. The fraction of sp³-hybridized carbons (Fsp3) is 0.120. The molecule has 0 saturated carbocycles. The molecule has 5 nitrogen and oxygen atoms in total. The van der Waals surface area contributed by atoms with E-state index in [-0.39, 0.29) is 11.3 Å². The molecule has 1 heterocycles. The topological polar surface area (TPSA) is 49.9 Å². The van der Waals surface area contributed by atoms with E-state index in [0.29, 0.717) is 22.0 Å². The minimum Gasteiger partial charge on any atom is -0.496 e. The number of ether oxygens (including phenoxy) is 1. The van der Waals surface area contributed by atoms with Gasteiger partial charge in [0.05, 0.1) is 18.4 Å². The number of hydrogen-bond acceptors (Lipinski definition) is 4. The first-order valence-electron chi connectivity index (χ1n) is 9.75. The Hall–Kier alpha value is -3.57. The summed E-state index contributed by atoms with van der Waals surface area (Å²) in [5.41, 5.74) is 3.19. The van der Waals surface area contributed by atoms with Crippen molar-refractivity contribution in [2.75, 3.05) is 24.0 Å². The summed E-state index contributed by atoms with van der Waals surface area (Å²) in [7, 11) is 3.32. The van der Waals surface area contributed by atoms with E-state index in [1.165, 1.54) is 4.90 Å². The van der Waals surface area contributed by atoms with Crippen LogP contribution in [-0.4, -0.2) is 26.0 Å². The minimum absolute atomic E-state index is 0.275. The molecule has 0 aromatic heterocycles. The molecule has 0 aliphatic carbocycles. The van der Waals surface area contributed by atoms with Crippen LogP contribution in [0.25, 0.3) is 5.57 Å². The molecule has 0 saturated heterocycles. The number of para-hydroxylation sites is 2. The molecule has 1 aliphatic rings. The van der Waals surface area contributed by atoms with Gasteiger partial charge in [-0.15, -0.1) is 0 Å². The number of anilines is 2. The second-order valence-corrected chi connectivity index (χ2v) is 7.60. The molecule has 2 amide bonds. The smallest absolute Gasteiger partial charge is 0.282 e. The van der Waals surface area contributed by atoms with Gasteiger partial charge in [0.15, 0.2) is 0 Å². The third-order valence-corrected chi connectivity index (χ3v) is 5.74. The van der Waals surface area contributed by atoms with Crippen molar-refractivity contribution in [1.82, 2.24) is 0 Å². The van der Waals surface area contributed by atoms with Gasteiger partial charge >= 0.3 is 0 Å². The highest BCUT2D eigenvalue weighted by Gasteiger charge is 2.43. The Kier molecular flexibility index (Phi) is 5.53. The van der Waals surface area contributed by atoms with Crippen molar-refractivity contribution in [3.05, 3.63) is 94.6 Å². The molecule has 0 bridgehead atoms. The van der Waals surface area contributed by atoms with Crippen molar-refractivity contribution in [3.63, 3.8) is 0 Å². The molecular weight excluding hydrogens is 412 g/mol. The predicted octanol–water partition coefficient (Wildman–Crippen LogP) is 5.08. The Balaban J connectivity index is 1.92. The van der Waals surface area contributed by atoms with Crippen LogP contribution in [0.2, 0.25) is 5.02 Å². The summed E-state index contributed by atoms with van der Waals surface area (Å²) < 4.78 is 5.50. The van der Waals surface area contributed by atoms with Gasteiger partial charge in [0.2, 0.25) is 0 Å². The molecule has 0 radical (unpaired) electrons. The van der Waals surface area contributed by atoms with Crippen molar-refractivity contribution < 1.29 is 14.3 Å². The first-order valence-corrected chi connectivity index (χ1v) is 10.1. The minimum atomic E-state index is -0.424. The summed E-state index contributed by atoms with van der Waals surface area (Å²) in [6.07, 6.45) is 0. The standard InChI is InChI=1S/C25H21ClN2O3/c1-16-13-14-18(15-20(16)26)28-24(29)22(19-11-7-8-12-21(19)31-3)23(25(28)30)27(2)17-9-5-4-6-10-17/h4-15H,1-3H3. The zero-order valence-corrected chi connectivity index (χ0v) is 18.2. The molecule has 156 valence electrons. The van der Waals surface area contributed by atoms with Crippen molar-refractivity contribution in [2.24, 2.45) is 0 Å². The lowest BCUT2D eigenvalue weighted by Gasteiger charge is -2.22. The molecule has 0 atom stereocenters. The van der Waals surface area contributed by atoms with Crippen LogP contribution in [0.5, 0.6) is 5.75 Å². The number of halogens is 1. The number of carbonyl (C=O) groups excluding carboxylic acids is 2. The number of amides is 2. The molecule has 3 aromatic rings. The largest absolute Gasteiger partial charge is 0.496 e. The van der Waals surface area contributed by atoms with Gasteiger partial charge in [-0.05, 0) is 42.8 Å². The summed E-state index contributed by atoms with van der Waals surface area (Å²) in [6.45, 7) is 1.87. The maximum absolute atomic E-state index is 13.6. The van der Waals surface area contributed by atoms with Crippen LogP contribution in [0, 0.1) is 6.92 Å². The maximum Gasteiger partial charge on any atom is 0.282 e. The van der Waals surface area contributed by atoms with Crippen LogP contribution in [0.15, 0.2) is 78.5 Å². The Morgan fingerprint density at radius 2 is 1.58 bits per heavy atom. The fourth-order valence-corrected chi connectivity index (χ4v) is 3.83. The molecule has 0 spiro atoms. The number of rotatable bonds is 5. The van der Waals surface area contributed by atoms with E-state index in [4.69, 9.17) is 16.3 Å². The highest BCUT2D eigenvalue weighted by Crippen LogP contribution is 2.39. The Bertz CT molecular complexity index is 1200. The SMILES string of the molecule is COc1ccccc1C1=C(N(C)c2ccccc2)C(=O)N(c2ccc(C)c(Cl)c2)C1=O. The van der Waals surface area contributed by atoms with Crippen molar-refractivity contribution in [1.29, 1.82) is 0 Å². The van der Waals surface area contributed by atoms with Crippen molar-refractivity contribution in [3.8, 4) is 5.75 Å². The number of likely N-dealkylation sites (N-methyl/N-ethyl adjacent to an activating group) is 1. The summed E-state index contributed by atoms with van der Waals surface area (Å²) in [5.74, 6) is -0.328. The predicted molar refractivity (Wildman–Crippen MR) is 123 cm³/mol. The molecule has 31 heavy (non-hydrogen) atoms. The van der Waals surface area contributed by atoms with Gasteiger partial charge in [-0.2, -0.15) is 0 Å². The molecule has 3 aromatic carbocycles. The molecule has 0 unspecified atom stereocenters. The van der Waals surface area contributed by atoms with Crippen LogP contribution in [0.4, 0.5) is 11.4 Å². The van der Waals surface area contributed by atoms with Crippen LogP contribution in [0.1, 0.15) is 11.1 Å². The zero-order chi connectivity index (χ0) is 22.1. The first kappa shape index (κ1) is 20.7. The summed E-state index contributed by atoms with van der Waals surface area (Å²) in [5, 5.41) is 0.488. The van der Waals surface area contributed by atoms with E-state index < -0.39 is 11.8 Å². The number of hydrogen-bond donors (Lipinski definition) is 0. The lowest BCUT2D eigenvalue weighted by atomic mass is 10.0. The van der Waals surface area contributed by atoms with Gasteiger partial charge in [-0.3, -0.25) is 9.59 Å². The Morgan fingerprint density at radius 3 is 2.26 bits per heavy atom. The van der Waals surface area contributed by atoms with Crippen LogP contribution in [-0.2, 0) is 9.59 Å². The van der Waals surface area contributed by atoms with E-state index >= 15 is 0 Å². The number of methoxy groups -OCH3 is 1. The highest BCUT2D eigenvalue weighted by molar-refractivity contribution is 6.46. The van der Waals surface area contributed by atoms with Gasteiger partial charge in [-0.25, -0.2) is 4.90 Å². The third kappa shape index (κ3) is 3.57. The monoisotopic (exact) mass is 432 g/mol. The number of nitrogens with zero attached hydrogens (tertiary/aromatic N) is 2. The molecule has 6 heteroatoms. The lowest BCUT2D eigenvalue weighted by Crippen LogP contribution is -2.34. The third-order valence-electron chi connectivity index (χ3n) is 5.33. The fourth-order valence-electron chi connectivity index (χ4n) is 3.66. The van der Waals surface area contributed by atoms with E-state index in [9.17, 15) is 9.59 Å². The van der Waals surface area contributed by atoms with E-state index in [0.717, 1.165) is 11.3 Å². The maximum atomic E-state index is 13.6. The van der Waals surface area contributed by atoms with Gasteiger partial charge in [-0.1, -0.05) is 54.1 Å². The van der Waals surface area contributed by atoms with Crippen LogP contribution >= 0.6 is 11.6 Å². The van der Waals surface area contributed by atoms with Gasteiger partial charge < -0.3 is 9.64 Å². The summed E-state index contributed by atoms with van der Waals surface area (Å²) >= 11 is 6.29. The average molecular weight is 433 g/mol. The Labute approximate surface area is 186 Å². The van der Waals surface area contributed by atoms with Crippen LogP contribution < -0.4 is 14.5 Å². The van der Waals surface area contributed by atoms with Gasteiger partial charge in [0.25, 0.3) is 11.8 Å². The normalized spacial score (nSPS) is 13.7. The summed E-state index contributed by atoms with van der Waals surface area (Å²) in [4.78, 5) is 30.2. The molecule has 0 fully saturated rings. The zero-order valence-electron chi connectivity index (χ0n) is 17.4. The van der Waals surface area contributed by atoms with Crippen molar-refractivity contribution >= 4 is 40.4 Å². The summed E-state index contributed by atoms with van der Waals surface area (Å²) in [6, 6.07) is 21.8. The molecule has 4 rings (SSSR count). The lowest BCUT2D eigenvalue weighted by molar-refractivity contribution is -0.120. The van der Waals surface area contributed by atoms with E-state index in [1.807, 2.05) is 49.4 Å². The second kappa shape index (κ2) is 8.28. The van der Waals surface area contributed by atoms with Crippen molar-refractivity contribution in [2.45, 2.75) is 6.92 Å². The second-order valence-electron chi connectivity index (χ2n) is 7.20. The molecular formula is C25H21ClN2O3. The Morgan fingerprint density at radius 1 is 0.903 bits per heavy atom. The number of carbonyl (C=O) groups is 2. The van der Waals surface area contributed by atoms with E-state index in [1.54, 1.807) is 49.4 Å². The molecule has 1 aliphatic heterocycles. The van der Waals surface area contributed by atoms with E-state index in [2.05, 4.69) is 0 Å². The van der Waals surface area contributed by atoms with Crippen LogP contribution in [0.3, 0.4) is 0 Å².